The van der Waals surface area contributed by atoms with Gasteiger partial charge in [-0.15, -0.1) is 0 Å². The summed E-state index contributed by atoms with van der Waals surface area (Å²) in [5.41, 5.74) is 3.68. The number of ether oxygens (including phenoxy) is 1. The van der Waals surface area contributed by atoms with Crippen LogP contribution in [0.5, 0.6) is 5.75 Å². The highest BCUT2D eigenvalue weighted by Crippen LogP contribution is 2.30. The van der Waals surface area contributed by atoms with Gasteiger partial charge in [-0.3, -0.25) is 0 Å². The number of hydrogen-bond donors (Lipinski definition) is 1. The minimum Gasteiger partial charge on any atom is -0.496 e. The summed E-state index contributed by atoms with van der Waals surface area (Å²) in [4.78, 5) is 0. The van der Waals surface area contributed by atoms with Gasteiger partial charge in [-0.1, -0.05) is 26.0 Å². The second-order valence-electron chi connectivity index (χ2n) is 5.61. The molecule has 0 saturated carbocycles. The minimum absolute atomic E-state index is 0.0389. The van der Waals surface area contributed by atoms with E-state index in [2.05, 4.69) is 51.2 Å². The van der Waals surface area contributed by atoms with Crippen molar-refractivity contribution in [3.8, 4) is 11.8 Å². The van der Waals surface area contributed by atoms with Crippen molar-refractivity contribution in [1.82, 2.24) is 5.32 Å². The lowest BCUT2D eigenvalue weighted by atomic mass is 9.82. The molecular weight excluding hydrogens is 236 g/mol. The third kappa shape index (κ3) is 3.97. The van der Waals surface area contributed by atoms with Crippen molar-refractivity contribution in [2.24, 2.45) is 0 Å². The van der Waals surface area contributed by atoms with E-state index in [1.54, 1.807) is 7.11 Å². The predicted octanol–water partition coefficient (Wildman–Crippen LogP) is 3.09. The Hall–Kier alpha value is -1.53. The van der Waals surface area contributed by atoms with Crippen LogP contribution in [0, 0.1) is 25.2 Å². The number of nitriles is 1. The van der Waals surface area contributed by atoms with E-state index in [0.29, 0.717) is 6.42 Å². The summed E-state index contributed by atoms with van der Waals surface area (Å²) >= 11 is 0. The number of aryl methyl sites for hydroxylation is 2. The van der Waals surface area contributed by atoms with Crippen LogP contribution in [0.1, 0.15) is 37.0 Å². The van der Waals surface area contributed by atoms with Gasteiger partial charge < -0.3 is 10.1 Å². The summed E-state index contributed by atoms with van der Waals surface area (Å²) < 4.78 is 5.40. The van der Waals surface area contributed by atoms with E-state index in [-0.39, 0.29) is 5.41 Å². The molecule has 1 N–H and O–H groups in total. The Balaban J connectivity index is 2.86. The van der Waals surface area contributed by atoms with Gasteiger partial charge in [0.25, 0.3) is 0 Å². The molecule has 1 aromatic carbocycles. The second kappa shape index (κ2) is 6.58. The van der Waals surface area contributed by atoms with E-state index >= 15 is 0 Å². The van der Waals surface area contributed by atoms with Crippen LogP contribution in [0.15, 0.2) is 12.1 Å². The lowest BCUT2D eigenvalue weighted by Gasteiger charge is -2.27. The van der Waals surface area contributed by atoms with Crippen LogP contribution in [-0.2, 0) is 5.41 Å². The van der Waals surface area contributed by atoms with Crippen LogP contribution >= 0.6 is 0 Å². The maximum absolute atomic E-state index is 8.54. The average Bonchev–Trinajstić information content (AvgIpc) is 2.34. The van der Waals surface area contributed by atoms with Gasteiger partial charge in [0.15, 0.2) is 0 Å². The Kier molecular flexibility index (Phi) is 5.38. The summed E-state index contributed by atoms with van der Waals surface area (Å²) in [5.74, 6) is 0.969. The third-order valence-electron chi connectivity index (χ3n) is 3.43. The Labute approximate surface area is 116 Å². The molecule has 3 nitrogen and oxygen atoms in total. The standard InChI is InChI=1S/C16H24N2O/c1-12-9-14(10-13(2)15(12)19-5)16(3,4)11-18-8-6-7-17/h9-10,18H,6,8,11H2,1-5H3. The van der Waals surface area contributed by atoms with Gasteiger partial charge in [0.2, 0.25) is 0 Å². The maximum Gasteiger partial charge on any atom is 0.124 e. The van der Waals surface area contributed by atoms with Crippen molar-refractivity contribution in [2.45, 2.75) is 39.5 Å². The van der Waals surface area contributed by atoms with Crippen LogP contribution in [0.3, 0.4) is 0 Å². The molecule has 0 atom stereocenters. The molecule has 0 heterocycles. The van der Waals surface area contributed by atoms with Crippen LogP contribution in [0.25, 0.3) is 0 Å². The predicted molar refractivity (Wildman–Crippen MR) is 78.6 cm³/mol. The maximum atomic E-state index is 8.54. The van der Waals surface area contributed by atoms with Crippen LogP contribution in [0.4, 0.5) is 0 Å². The average molecular weight is 260 g/mol. The molecule has 0 aliphatic carbocycles. The van der Waals surface area contributed by atoms with E-state index < -0.39 is 0 Å². The molecule has 0 unspecified atom stereocenters. The fraction of sp³-hybridized carbons (Fsp3) is 0.562. The Bertz CT molecular complexity index is 449. The normalized spacial score (nSPS) is 11.2. The molecule has 0 aliphatic heterocycles. The first-order valence-corrected chi connectivity index (χ1v) is 6.65. The van der Waals surface area contributed by atoms with Gasteiger partial charge >= 0.3 is 0 Å². The summed E-state index contributed by atoms with van der Waals surface area (Å²) in [6.07, 6.45) is 0.552. The molecule has 0 bridgehead atoms. The molecule has 3 heteroatoms. The zero-order valence-corrected chi connectivity index (χ0v) is 12.6. The monoisotopic (exact) mass is 260 g/mol. The van der Waals surface area contributed by atoms with Crippen molar-refractivity contribution in [3.05, 3.63) is 28.8 Å². The third-order valence-corrected chi connectivity index (χ3v) is 3.43. The SMILES string of the molecule is COc1c(C)cc(C(C)(C)CNCCC#N)cc1C. The number of hydrogen-bond acceptors (Lipinski definition) is 3. The summed E-state index contributed by atoms with van der Waals surface area (Å²) in [6, 6.07) is 6.53. The van der Waals surface area contributed by atoms with E-state index in [1.165, 1.54) is 16.7 Å². The van der Waals surface area contributed by atoms with Gasteiger partial charge in [-0.25, -0.2) is 0 Å². The zero-order chi connectivity index (χ0) is 14.5. The first kappa shape index (κ1) is 15.5. The number of nitrogens with zero attached hydrogens (tertiary/aromatic N) is 1. The van der Waals surface area contributed by atoms with E-state index in [0.717, 1.165) is 18.8 Å². The van der Waals surface area contributed by atoms with Crippen LogP contribution in [-0.4, -0.2) is 20.2 Å². The van der Waals surface area contributed by atoms with Crippen LogP contribution in [0.2, 0.25) is 0 Å². The quantitative estimate of drug-likeness (QED) is 0.799. The number of nitrogens with one attached hydrogen (secondary N) is 1. The summed E-state index contributed by atoms with van der Waals surface area (Å²) in [7, 11) is 1.71. The largest absolute Gasteiger partial charge is 0.496 e. The highest BCUT2D eigenvalue weighted by molar-refractivity contribution is 5.45. The lowest BCUT2D eigenvalue weighted by Crippen LogP contribution is -2.33. The van der Waals surface area contributed by atoms with Crippen molar-refractivity contribution < 1.29 is 4.74 Å². The van der Waals surface area contributed by atoms with Gasteiger partial charge in [-0.2, -0.15) is 5.26 Å². The minimum atomic E-state index is 0.0389. The second-order valence-corrected chi connectivity index (χ2v) is 5.61. The smallest absolute Gasteiger partial charge is 0.124 e. The zero-order valence-electron chi connectivity index (χ0n) is 12.6. The van der Waals surface area contributed by atoms with E-state index in [9.17, 15) is 0 Å². The molecule has 104 valence electrons. The Morgan fingerprint density at radius 3 is 2.32 bits per heavy atom. The molecule has 0 radical (unpaired) electrons. The molecule has 0 aliphatic rings. The lowest BCUT2D eigenvalue weighted by molar-refractivity contribution is 0.407. The molecule has 1 aromatic rings. The van der Waals surface area contributed by atoms with E-state index in [1.807, 2.05) is 0 Å². The molecular formula is C16H24N2O. The van der Waals surface area contributed by atoms with Crippen molar-refractivity contribution in [2.75, 3.05) is 20.2 Å². The van der Waals surface area contributed by atoms with Gasteiger partial charge in [0.05, 0.1) is 13.2 Å². The molecule has 0 fully saturated rings. The van der Waals surface area contributed by atoms with Gasteiger partial charge in [-0.05, 0) is 30.5 Å². The number of methoxy groups -OCH3 is 1. The fourth-order valence-corrected chi connectivity index (χ4v) is 2.31. The number of benzene rings is 1. The van der Waals surface area contributed by atoms with Gasteiger partial charge in [0, 0.05) is 24.9 Å². The highest BCUT2D eigenvalue weighted by atomic mass is 16.5. The summed E-state index contributed by atoms with van der Waals surface area (Å²) in [6.45, 7) is 10.2. The van der Waals surface area contributed by atoms with Crippen molar-refractivity contribution in [1.29, 1.82) is 5.26 Å². The first-order valence-electron chi connectivity index (χ1n) is 6.65. The molecule has 0 aromatic heterocycles. The Morgan fingerprint density at radius 1 is 1.26 bits per heavy atom. The topological polar surface area (TPSA) is 45.0 Å². The molecule has 1 rings (SSSR count). The van der Waals surface area contributed by atoms with Crippen LogP contribution < -0.4 is 10.1 Å². The Morgan fingerprint density at radius 2 is 1.84 bits per heavy atom. The molecule has 0 saturated heterocycles. The summed E-state index contributed by atoms with van der Waals surface area (Å²) in [5, 5.41) is 11.9. The fourth-order valence-electron chi connectivity index (χ4n) is 2.31. The number of rotatable bonds is 6. The molecule has 0 spiro atoms. The van der Waals surface area contributed by atoms with Gasteiger partial charge in [0.1, 0.15) is 5.75 Å². The molecule has 19 heavy (non-hydrogen) atoms. The molecule has 0 amide bonds. The van der Waals surface area contributed by atoms with E-state index in [4.69, 9.17) is 10.00 Å². The highest BCUT2D eigenvalue weighted by Gasteiger charge is 2.21. The first-order chi connectivity index (χ1) is 8.92. The van der Waals surface area contributed by atoms with Crippen molar-refractivity contribution >= 4 is 0 Å². The van der Waals surface area contributed by atoms with Crippen molar-refractivity contribution in [3.63, 3.8) is 0 Å².